The standard InChI is InChI=1S/C15H21F2NO/c1-10(12-5-3-2-4-6-12)18-9-11-7-13(16)15(19)14(17)8-11/h7-8,10,12,18-19H,2-6,9H2,1H3/t10-/m0/s1. The molecule has 0 amide bonds. The van der Waals surface area contributed by atoms with Crippen LogP contribution in [-0.2, 0) is 6.54 Å². The van der Waals surface area contributed by atoms with E-state index >= 15 is 0 Å². The van der Waals surface area contributed by atoms with Crippen molar-refractivity contribution in [2.45, 2.75) is 51.6 Å². The fourth-order valence-electron chi connectivity index (χ4n) is 2.80. The SMILES string of the molecule is C[C@H](NCc1cc(F)c(O)c(F)c1)C1CCCCC1. The molecular formula is C15H21F2NO. The van der Waals surface area contributed by atoms with E-state index in [9.17, 15) is 8.78 Å². The summed E-state index contributed by atoms with van der Waals surface area (Å²) in [6.07, 6.45) is 6.33. The van der Waals surface area contributed by atoms with Crippen LogP contribution >= 0.6 is 0 Å². The number of nitrogens with one attached hydrogen (secondary N) is 1. The monoisotopic (exact) mass is 269 g/mol. The number of phenols is 1. The zero-order valence-electron chi connectivity index (χ0n) is 11.3. The molecule has 2 nitrogen and oxygen atoms in total. The van der Waals surface area contributed by atoms with Gasteiger partial charge in [-0.3, -0.25) is 0 Å². The highest BCUT2D eigenvalue weighted by Crippen LogP contribution is 2.27. The first-order chi connectivity index (χ1) is 9.08. The molecule has 0 spiro atoms. The van der Waals surface area contributed by atoms with Crippen molar-refractivity contribution in [2.24, 2.45) is 5.92 Å². The third-order valence-electron chi connectivity index (χ3n) is 4.06. The Balaban J connectivity index is 1.91. The summed E-state index contributed by atoms with van der Waals surface area (Å²) >= 11 is 0. The molecule has 106 valence electrons. The Labute approximate surface area is 112 Å². The fraction of sp³-hybridized carbons (Fsp3) is 0.600. The molecule has 1 atom stereocenters. The number of rotatable bonds is 4. The molecule has 1 aromatic rings. The van der Waals surface area contributed by atoms with Crippen molar-refractivity contribution >= 4 is 0 Å². The quantitative estimate of drug-likeness (QED) is 0.873. The van der Waals surface area contributed by atoms with Crippen molar-refractivity contribution in [3.05, 3.63) is 29.3 Å². The molecule has 0 aromatic heterocycles. The van der Waals surface area contributed by atoms with Crippen LogP contribution in [0.2, 0.25) is 0 Å². The summed E-state index contributed by atoms with van der Waals surface area (Å²) < 4.78 is 26.4. The first-order valence-corrected chi connectivity index (χ1v) is 6.98. The van der Waals surface area contributed by atoms with Gasteiger partial charge in [0.25, 0.3) is 0 Å². The third kappa shape index (κ3) is 3.66. The largest absolute Gasteiger partial charge is 0.503 e. The molecule has 2 N–H and O–H groups in total. The molecule has 19 heavy (non-hydrogen) atoms. The lowest BCUT2D eigenvalue weighted by Gasteiger charge is -2.28. The van der Waals surface area contributed by atoms with Crippen LogP contribution in [0.5, 0.6) is 5.75 Å². The number of hydrogen-bond donors (Lipinski definition) is 2. The molecule has 1 aliphatic rings. The van der Waals surface area contributed by atoms with Crippen molar-refractivity contribution in [2.75, 3.05) is 0 Å². The maximum Gasteiger partial charge on any atom is 0.187 e. The predicted octanol–water partition coefficient (Wildman–Crippen LogP) is 3.73. The van der Waals surface area contributed by atoms with Gasteiger partial charge in [-0.2, -0.15) is 0 Å². The van der Waals surface area contributed by atoms with Gasteiger partial charge in [0.1, 0.15) is 0 Å². The van der Waals surface area contributed by atoms with Gasteiger partial charge in [-0.05, 0) is 43.4 Å². The molecule has 1 aromatic carbocycles. The van der Waals surface area contributed by atoms with Gasteiger partial charge in [-0.25, -0.2) is 8.78 Å². The maximum absolute atomic E-state index is 13.2. The second-order valence-electron chi connectivity index (χ2n) is 5.48. The van der Waals surface area contributed by atoms with Crippen LogP contribution in [0.15, 0.2) is 12.1 Å². The van der Waals surface area contributed by atoms with E-state index < -0.39 is 17.4 Å². The van der Waals surface area contributed by atoms with Crippen LogP contribution in [0.4, 0.5) is 8.78 Å². The Morgan fingerprint density at radius 1 is 1.21 bits per heavy atom. The molecule has 0 saturated heterocycles. The average Bonchev–Trinajstić information content (AvgIpc) is 2.43. The van der Waals surface area contributed by atoms with Crippen molar-refractivity contribution in [1.29, 1.82) is 0 Å². The van der Waals surface area contributed by atoms with E-state index in [1.165, 1.54) is 44.2 Å². The Morgan fingerprint density at radius 3 is 2.37 bits per heavy atom. The van der Waals surface area contributed by atoms with Crippen LogP contribution in [0.1, 0.15) is 44.6 Å². The lowest BCUT2D eigenvalue weighted by molar-refractivity contribution is 0.280. The van der Waals surface area contributed by atoms with Gasteiger partial charge in [0.15, 0.2) is 17.4 Å². The van der Waals surface area contributed by atoms with Gasteiger partial charge in [-0.1, -0.05) is 19.3 Å². The Hall–Kier alpha value is -1.16. The molecule has 2 rings (SSSR count). The van der Waals surface area contributed by atoms with Crippen LogP contribution in [0.25, 0.3) is 0 Å². The number of halogens is 2. The van der Waals surface area contributed by atoms with Crippen molar-refractivity contribution < 1.29 is 13.9 Å². The average molecular weight is 269 g/mol. The molecule has 1 saturated carbocycles. The maximum atomic E-state index is 13.2. The normalized spacial score (nSPS) is 18.5. The van der Waals surface area contributed by atoms with Crippen LogP contribution in [0, 0.1) is 17.6 Å². The molecule has 0 unspecified atom stereocenters. The van der Waals surface area contributed by atoms with Crippen LogP contribution < -0.4 is 5.32 Å². The van der Waals surface area contributed by atoms with Crippen LogP contribution in [0.3, 0.4) is 0 Å². The van der Waals surface area contributed by atoms with Crippen LogP contribution in [-0.4, -0.2) is 11.1 Å². The summed E-state index contributed by atoms with van der Waals surface area (Å²) in [6, 6.07) is 2.71. The van der Waals surface area contributed by atoms with E-state index in [0.29, 0.717) is 24.1 Å². The minimum absolute atomic E-state index is 0.347. The lowest BCUT2D eigenvalue weighted by Crippen LogP contribution is -2.34. The number of hydrogen-bond acceptors (Lipinski definition) is 2. The van der Waals surface area contributed by atoms with E-state index in [1.807, 2.05) is 0 Å². The molecule has 0 heterocycles. The molecule has 1 aliphatic carbocycles. The zero-order valence-corrected chi connectivity index (χ0v) is 11.3. The van der Waals surface area contributed by atoms with Gasteiger partial charge in [0.2, 0.25) is 0 Å². The lowest BCUT2D eigenvalue weighted by atomic mass is 9.84. The smallest absolute Gasteiger partial charge is 0.187 e. The molecule has 0 bridgehead atoms. The first-order valence-electron chi connectivity index (χ1n) is 6.98. The fourth-order valence-corrected chi connectivity index (χ4v) is 2.80. The Bertz CT molecular complexity index is 407. The van der Waals surface area contributed by atoms with Gasteiger partial charge in [-0.15, -0.1) is 0 Å². The van der Waals surface area contributed by atoms with E-state index in [-0.39, 0.29) is 0 Å². The highest BCUT2D eigenvalue weighted by Gasteiger charge is 2.19. The summed E-state index contributed by atoms with van der Waals surface area (Å²) in [6.45, 7) is 2.55. The van der Waals surface area contributed by atoms with E-state index in [2.05, 4.69) is 12.2 Å². The topological polar surface area (TPSA) is 32.3 Å². The highest BCUT2D eigenvalue weighted by atomic mass is 19.1. The zero-order chi connectivity index (χ0) is 13.8. The number of aromatic hydroxyl groups is 1. The Kier molecular flexibility index (Phi) is 4.75. The number of phenolic OH excluding ortho intramolecular Hbond substituents is 1. The van der Waals surface area contributed by atoms with Crippen molar-refractivity contribution in [3.8, 4) is 5.75 Å². The minimum Gasteiger partial charge on any atom is -0.503 e. The first kappa shape index (κ1) is 14.3. The molecule has 0 aliphatic heterocycles. The van der Waals surface area contributed by atoms with Crippen molar-refractivity contribution in [3.63, 3.8) is 0 Å². The summed E-state index contributed by atoms with van der Waals surface area (Å²) in [4.78, 5) is 0. The molecular weight excluding hydrogens is 248 g/mol. The molecule has 4 heteroatoms. The summed E-state index contributed by atoms with van der Waals surface area (Å²) in [5.74, 6) is -2.05. The summed E-state index contributed by atoms with van der Waals surface area (Å²) in [5, 5.41) is 12.4. The van der Waals surface area contributed by atoms with Crippen molar-refractivity contribution in [1.82, 2.24) is 5.32 Å². The van der Waals surface area contributed by atoms with Gasteiger partial charge >= 0.3 is 0 Å². The highest BCUT2D eigenvalue weighted by molar-refractivity contribution is 5.29. The second kappa shape index (κ2) is 6.33. The number of benzene rings is 1. The van der Waals surface area contributed by atoms with Gasteiger partial charge in [0, 0.05) is 12.6 Å². The van der Waals surface area contributed by atoms with Gasteiger partial charge in [0.05, 0.1) is 0 Å². The summed E-state index contributed by atoms with van der Waals surface area (Å²) in [5.41, 5.74) is 0.524. The second-order valence-corrected chi connectivity index (χ2v) is 5.48. The molecule has 0 radical (unpaired) electrons. The Morgan fingerprint density at radius 2 is 1.79 bits per heavy atom. The predicted molar refractivity (Wildman–Crippen MR) is 70.9 cm³/mol. The third-order valence-corrected chi connectivity index (χ3v) is 4.06. The van der Waals surface area contributed by atoms with E-state index in [1.54, 1.807) is 0 Å². The molecule has 1 fully saturated rings. The summed E-state index contributed by atoms with van der Waals surface area (Å²) in [7, 11) is 0. The van der Waals surface area contributed by atoms with E-state index in [4.69, 9.17) is 5.11 Å². The van der Waals surface area contributed by atoms with Gasteiger partial charge < -0.3 is 10.4 Å². The minimum atomic E-state index is -0.901. The van der Waals surface area contributed by atoms with E-state index in [0.717, 1.165) is 0 Å².